The SMILES string of the molecule is CNC1CC(C(=O)Nc2ccc(F)nc2)N(c2nc3c(c(Nc4cc(C5CC5)[nH]n4)n2)CCC3)C1. The third-order valence-electron chi connectivity index (χ3n) is 7.05. The fourth-order valence-corrected chi connectivity index (χ4v) is 4.97. The van der Waals surface area contributed by atoms with Crippen LogP contribution in [0.1, 0.15) is 48.6 Å². The highest BCUT2D eigenvalue weighted by Crippen LogP contribution is 2.40. The van der Waals surface area contributed by atoms with Crippen molar-refractivity contribution in [2.24, 2.45) is 0 Å². The van der Waals surface area contributed by atoms with Crippen molar-refractivity contribution >= 4 is 29.2 Å². The number of nitrogens with zero attached hydrogens (tertiary/aromatic N) is 5. The highest BCUT2D eigenvalue weighted by Gasteiger charge is 2.39. The van der Waals surface area contributed by atoms with Gasteiger partial charge in [-0.3, -0.25) is 9.89 Å². The fraction of sp³-hybridized carbons (Fsp3) is 0.458. The minimum absolute atomic E-state index is 0.109. The highest BCUT2D eigenvalue weighted by atomic mass is 19.1. The van der Waals surface area contributed by atoms with Crippen LogP contribution in [0.25, 0.3) is 0 Å². The number of anilines is 4. The van der Waals surface area contributed by atoms with E-state index in [0.29, 0.717) is 30.5 Å². The van der Waals surface area contributed by atoms with Gasteiger partial charge in [-0.2, -0.15) is 14.5 Å². The lowest BCUT2D eigenvalue weighted by Gasteiger charge is -2.25. The van der Waals surface area contributed by atoms with Gasteiger partial charge in [0.25, 0.3) is 0 Å². The largest absolute Gasteiger partial charge is 0.327 e. The van der Waals surface area contributed by atoms with Gasteiger partial charge in [-0.1, -0.05) is 0 Å². The molecule has 3 aromatic heterocycles. The number of likely N-dealkylation sites (N-methyl/N-ethyl adjacent to an activating group) is 1. The molecule has 4 heterocycles. The summed E-state index contributed by atoms with van der Waals surface area (Å²) in [4.78, 5) is 28.6. The Bertz CT molecular complexity index is 1240. The van der Waals surface area contributed by atoms with E-state index in [9.17, 15) is 9.18 Å². The fourth-order valence-electron chi connectivity index (χ4n) is 4.97. The average Bonchev–Trinajstić information content (AvgIpc) is 3.24. The summed E-state index contributed by atoms with van der Waals surface area (Å²) in [6.07, 6.45) is 7.14. The van der Waals surface area contributed by atoms with Gasteiger partial charge in [0.05, 0.1) is 17.6 Å². The van der Waals surface area contributed by atoms with Gasteiger partial charge in [-0.25, -0.2) is 9.97 Å². The molecule has 2 fully saturated rings. The maximum absolute atomic E-state index is 13.2. The molecule has 0 aromatic carbocycles. The van der Waals surface area contributed by atoms with Crippen LogP contribution in [0, 0.1) is 5.95 Å². The van der Waals surface area contributed by atoms with Crippen LogP contribution < -0.4 is 20.9 Å². The van der Waals surface area contributed by atoms with Gasteiger partial charge in [0.2, 0.25) is 17.8 Å². The van der Waals surface area contributed by atoms with E-state index in [2.05, 4.69) is 37.2 Å². The third kappa shape index (κ3) is 4.43. The number of aromatic nitrogens is 5. The number of amides is 1. The van der Waals surface area contributed by atoms with Gasteiger partial charge in [0.15, 0.2) is 5.82 Å². The number of pyridine rings is 1. The summed E-state index contributed by atoms with van der Waals surface area (Å²) in [5.41, 5.74) is 3.74. The van der Waals surface area contributed by atoms with Crippen molar-refractivity contribution in [1.82, 2.24) is 30.5 Å². The third-order valence-corrected chi connectivity index (χ3v) is 7.05. The van der Waals surface area contributed by atoms with Crippen molar-refractivity contribution in [3.63, 3.8) is 0 Å². The molecule has 10 nitrogen and oxygen atoms in total. The van der Waals surface area contributed by atoms with E-state index in [4.69, 9.17) is 9.97 Å². The van der Waals surface area contributed by atoms with Crippen LogP contribution in [0.5, 0.6) is 0 Å². The minimum Gasteiger partial charge on any atom is -0.327 e. The van der Waals surface area contributed by atoms with E-state index in [1.165, 1.54) is 31.2 Å². The van der Waals surface area contributed by atoms with Crippen LogP contribution in [0.2, 0.25) is 0 Å². The predicted octanol–water partition coefficient (Wildman–Crippen LogP) is 2.65. The highest BCUT2D eigenvalue weighted by molar-refractivity contribution is 5.97. The first kappa shape index (κ1) is 21.9. The Morgan fingerprint density at radius 1 is 1.23 bits per heavy atom. The second kappa shape index (κ2) is 8.88. The Kier molecular flexibility index (Phi) is 5.56. The molecule has 0 bridgehead atoms. The number of aryl methyl sites for hydroxylation is 1. The smallest absolute Gasteiger partial charge is 0.247 e. The van der Waals surface area contributed by atoms with Crippen LogP contribution in [-0.4, -0.2) is 56.7 Å². The Labute approximate surface area is 202 Å². The van der Waals surface area contributed by atoms with Gasteiger partial charge in [-0.15, -0.1) is 0 Å². The molecule has 2 unspecified atom stereocenters. The number of fused-ring (bicyclic) bond motifs is 1. The molecule has 35 heavy (non-hydrogen) atoms. The molecule has 2 aliphatic carbocycles. The molecule has 6 rings (SSSR count). The first-order chi connectivity index (χ1) is 17.1. The molecule has 1 saturated heterocycles. The summed E-state index contributed by atoms with van der Waals surface area (Å²) in [5.74, 6) is 1.83. The Hall–Kier alpha value is -3.60. The van der Waals surface area contributed by atoms with Gasteiger partial charge in [-0.05, 0) is 57.7 Å². The van der Waals surface area contributed by atoms with Crippen molar-refractivity contribution in [1.29, 1.82) is 0 Å². The lowest BCUT2D eigenvalue weighted by atomic mass is 10.1. The molecule has 1 amide bonds. The number of nitrogens with one attached hydrogen (secondary N) is 4. The van der Waals surface area contributed by atoms with E-state index in [1.54, 1.807) is 0 Å². The van der Waals surface area contributed by atoms with Crippen molar-refractivity contribution in [3.05, 3.63) is 47.3 Å². The molecule has 3 aliphatic rings. The Morgan fingerprint density at radius 2 is 2.11 bits per heavy atom. The predicted molar refractivity (Wildman–Crippen MR) is 129 cm³/mol. The van der Waals surface area contributed by atoms with Gasteiger partial charge in [0, 0.05) is 35.8 Å². The lowest BCUT2D eigenvalue weighted by molar-refractivity contribution is -0.117. The zero-order valence-corrected chi connectivity index (χ0v) is 19.5. The van der Waals surface area contributed by atoms with Crippen LogP contribution in [-0.2, 0) is 17.6 Å². The monoisotopic (exact) mass is 477 g/mol. The number of hydrogen-bond acceptors (Lipinski definition) is 8. The number of carbonyl (C=O) groups excluding carboxylic acids is 1. The molecular formula is C24H28FN9O. The van der Waals surface area contributed by atoms with E-state index < -0.39 is 12.0 Å². The van der Waals surface area contributed by atoms with Crippen molar-refractivity contribution in [2.75, 3.05) is 29.1 Å². The summed E-state index contributed by atoms with van der Waals surface area (Å²) in [5, 5.41) is 17.1. The van der Waals surface area contributed by atoms with Gasteiger partial charge in [0.1, 0.15) is 11.9 Å². The summed E-state index contributed by atoms with van der Waals surface area (Å²) in [7, 11) is 1.89. The van der Waals surface area contributed by atoms with Crippen LogP contribution in [0.15, 0.2) is 24.4 Å². The molecule has 11 heteroatoms. The number of H-pyrrole nitrogens is 1. The van der Waals surface area contributed by atoms with E-state index in [-0.39, 0.29) is 11.9 Å². The zero-order valence-electron chi connectivity index (χ0n) is 19.5. The van der Waals surface area contributed by atoms with Crippen LogP contribution in [0.4, 0.5) is 27.7 Å². The van der Waals surface area contributed by atoms with Gasteiger partial charge >= 0.3 is 0 Å². The molecule has 3 aromatic rings. The molecule has 0 radical (unpaired) electrons. The molecule has 0 spiro atoms. The second-order valence-corrected chi connectivity index (χ2v) is 9.51. The summed E-state index contributed by atoms with van der Waals surface area (Å²) >= 11 is 0. The first-order valence-electron chi connectivity index (χ1n) is 12.2. The van der Waals surface area contributed by atoms with Crippen molar-refractivity contribution < 1.29 is 9.18 Å². The van der Waals surface area contributed by atoms with Crippen LogP contribution >= 0.6 is 0 Å². The molecular weight excluding hydrogens is 449 g/mol. The summed E-state index contributed by atoms with van der Waals surface area (Å²) < 4.78 is 13.2. The maximum Gasteiger partial charge on any atom is 0.247 e. The minimum atomic E-state index is -0.589. The standard InChI is InChI=1S/C24H28FN9O/c1-26-15-9-19(23(35)28-14-7-8-20(25)27-11-14)34(12-15)24-29-17-4-2-3-16(17)22(31-24)30-21-10-18(32-33-21)13-5-6-13/h7-8,10-11,13,15,19,26H,2-6,9,12H2,1H3,(H,28,35)(H2,29,30,31,32,33). The van der Waals surface area contributed by atoms with E-state index in [0.717, 1.165) is 47.8 Å². The second-order valence-electron chi connectivity index (χ2n) is 9.51. The summed E-state index contributed by atoms with van der Waals surface area (Å²) in [6, 6.07) is 4.42. The molecule has 2 atom stereocenters. The first-order valence-corrected chi connectivity index (χ1v) is 12.2. The molecule has 1 aliphatic heterocycles. The number of halogens is 1. The topological polar surface area (TPSA) is 124 Å². The lowest BCUT2D eigenvalue weighted by Crippen LogP contribution is -2.41. The molecule has 182 valence electrons. The van der Waals surface area contributed by atoms with Crippen molar-refractivity contribution in [2.45, 2.75) is 56.5 Å². The number of aromatic amines is 1. The number of carbonyl (C=O) groups is 1. The van der Waals surface area contributed by atoms with Gasteiger partial charge < -0.3 is 20.9 Å². The molecule has 4 N–H and O–H groups in total. The number of hydrogen-bond donors (Lipinski definition) is 4. The quantitative estimate of drug-likeness (QED) is 0.383. The van der Waals surface area contributed by atoms with E-state index >= 15 is 0 Å². The average molecular weight is 478 g/mol. The Balaban J connectivity index is 1.28. The van der Waals surface area contributed by atoms with E-state index in [1.807, 2.05) is 11.9 Å². The Morgan fingerprint density at radius 3 is 2.89 bits per heavy atom. The summed E-state index contributed by atoms with van der Waals surface area (Å²) in [6.45, 7) is 0.600. The maximum atomic E-state index is 13.2. The normalized spacial score (nSPS) is 21.3. The zero-order chi connectivity index (χ0) is 23.9. The van der Waals surface area contributed by atoms with Crippen molar-refractivity contribution in [3.8, 4) is 0 Å². The number of rotatable bonds is 7. The van der Waals surface area contributed by atoms with Crippen LogP contribution in [0.3, 0.4) is 0 Å². The molecule has 1 saturated carbocycles.